The topological polar surface area (TPSA) is 83.6 Å². The maximum Gasteiger partial charge on any atom is 0.330 e. The predicted octanol–water partition coefficient (Wildman–Crippen LogP) is -1.51. The van der Waals surface area contributed by atoms with Crippen LogP contribution in [0.4, 0.5) is 0 Å². The van der Waals surface area contributed by atoms with Crippen molar-refractivity contribution in [2.45, 2.75) is 6.04 Å². The average Bonchev–Trinajstić information content (AvgIpc) is 1.84. The van der Waals surface area contributed by atoms with Gasteiger partial charge in [0.2, 0.25) is 0 Å². The van der Waals surface area contributed by atoms with Crippen molar-refractivity contribution in [3.05, 3.63) is 0 Å². The van der Waals surface area contributed by atoms with Crippen molar-refractivity contribution in [2.24, 2.45) is 5.73 Å². The van der Waals surface area contributed by atoms with Gasteiger partial charge in [0.15, 0.2) is 6.04 Å². The smallest absolute Gasteiger partial charge is 0.330 e. The summed E-state index contributed by atoms with van der Waals surface area (Å²) in [6.07, 6.45) is 0. The Morgan fingerprint density at radius 3 is 2.00 bits per heavy atom. The van der Waals surface area contributed by atoms with Crippen LogP contribution in [0.5, 0.6) is 0 Å². The lowest BCUT2D eigenvalue weighted by atomic mass is 10.3. The van der Waals surface area contributed by atoms with Gasteiger partial charge in [0.05, 0.1) is 0 Å². The van der Waals surface area contributed by atoms with Gasteiger partial charge in [-0.1, -0.05) is 0 Å². The Kier molecular flexibility index (Phi) is 2.82. The van der Waals surface area contributed by atoms with Crippen molar-refractivity contribution in [1.29, 1.82) is 0 Å². The summed E-state index contributed by atoms with van der Waals surface area (Å²) < 4.78 is 0. The van der Waals surface area contributed by atoms with E-state index in [2.05, 4.69) is 0 Å². The molecular weight excluding hydrogens is 136 g/mol. The van der Waals surface area contributed by atoms with E-state index >= 15 is 0 Å². The summed E-state index contributed by atoms with van der Waals surface area (Å²) in [5.74, 6) is -1.91. The number of carbonyl (C=O) groups is 2. The Labute approximate surface area is 58.4 Å². The van der Waals surface area contributed by atoms with Crippen LogP contribution in [0.3, 0.4) is 0 Å². The second kappa shape index (κ2) is 3.17. The van der Waals surface area contributed by atoms with Crippen LogP contribution in [-0.4, -0.2) is 42.0 Å². The molecule has 10 heavy (non-hydrogen) atoms. The predicted molar refractivity (Wildman–Crippen MR) is 34.3 cm³/mol. The van der Waals surface area contributed by atoms with Gasteiger partial charge in [-0.15, -0.1) is 0 Å². The minimum Gasteiger partial charge on any atom is -0.480 e. The van der Waals surface area contributed by atoms with Gasteiger partial charge in [0, 0.05) is 14.1 Å². The number of hydrogen-bond donors (Lipinski definition) is 2. The van der Waals surface area contributed by atoms with Crippen molar-refractivity contribution < 1.29 is 14.7 Å². The number of amides is 1. The molecule has 0 fully saturated rings. The first-order valence-electron chi connectivity index (χ1n) is 2.66. The standard InChI is InChI=1S/C5H10N2O3/c1-7(2)4(8)3(6)5(9)10/h3H,6H2,1-2H3,(H,9,10). The number of rotatable bonds is 2. The van der Waals surface area contributed by atoms with Crippen molar-refractivity contribution in [3.63, 3.8) is 0 Å². The fourth-order valence-corrected chi connectivity index (χ4v) is 0.384. The van der Waals surface area contributed by atoms with Crippen LogP contribution in [0, 0.1) is 0 Å². The number of hydrogen-bond acceptors (Lipinski definition) is 3. The van der Waals surface area contributed by atoms with Gasteiger partial charge in [-0.3, -0.25) is 4.79 Å². The van der Waals surface area contributed by atoms with Gasteiger partial charge in [0.25, 0.3) is 5.91 Å². The number of nitrogens with two attached hydrogens (primary N) is 1. The summed E-state index contributed by atoms with van der Waals surface area (Å²) in [7, 11) is 2.90. The molecule has 0 saturated heterocycles. The molecule has 5 nitrogen and oxygen atoms in total. The highest BCUT2D eigenvalue weighted by atomic mass is 16.4. The van der Waals surface area contributed by atoms with Crippen molar-refractivity contribution in [2.75, 3.05) is 14.1 Å². The molecule has 58 valence electrons. The summed E-state index contributed by atoms with van der Waals surface area (Å²) in [5.41, 5.74) is 4.97. The first kappa shape index (κ1) is 8.90. The number of likely N-dealkylation sites (N-methyl/N-ethyl adjacent to an activating group) is 1. The molecule has 3 N–H and O–H groups in total. The van der Waals surface area contributed by atoms with E-state index in [0.717, 1.165) is 4.90 Å². The lowest BCUT2D eigenvalue weighted by Crippen LogP contribution is -2.45. The quantitative estimate of drug-likeness (QED) is 0.464. The molecule has 0 aromatic carbocycles. The van der Waals surface area contributed by atoms with Gasteiger partial charge in [-0.2, -0.15) is 0 Å². The van der Waals surface area contributed by atoms with Crippen LogP contribution in [0.2, 0.25) is 0 Å². The molecule has 0 heterocycles. The highest BCUT2D eigenvalue weighted by molar-refractivity contribution is 6.00. The third-order valence-electron chi connectivity index (χ3n) is 0.973. The molecule has 0 radical (unpaired) electrons. The average molecular weight is 146 g/mol. The lowest BCUT2D eigenvalue weighted by Gasteiger charge is -2.12. The molecule has 5 heteroatoms. The van der Waals surface area contributed by atoms with E-state index in [1.807, 2.05) is 0 Å². The summed E-state index contributed by atoms with van der Waals surface area (Å²) >= 11 is 0. The molecule has 0 saturated carbocycles. The van der Waals surface area contributed by atoms with Crippen molar-refractivity contribution in [3.8, 4) is 0 Å². The number of nitrogens with zero attached hydrogens (tertiary/aromatic N) is 1. The normalized spacial score (nSPS) is 12.3. The van der Waals surface area contributed by atoms with Crippen LogP contribution < -0.4 is 5.73 Å². The van der Waals surface area contributed by atoms with Gasteiger partial charge in [-0.25, -0.2) is 4.79 Å². The molecule has 0 aliphatic carbocycles. The van der Waals surface area contributed by atoms with E-state index in [0.29, 0.717) is 0 Å². The van der Waals surface area contributed by atoms with Crippen molar-refractivity contribution in [1.82, 2.24) is 4.90 Å². The van der Waals surface area contributed by atoms with Crippen LogP contribution in [0.25, 0.3) is 0 Å². The molecule has 0 aliphatic rings. The molecular formula is C5H10N2O3. The minimum atomic E-state index is -1.44. The maximum atomic E-state index is 10.7. The number of aliphatic carboxylic acids is 1. The molecule has 0 aromatic heterocycles. The maximum absolute atomic E-state index is 10.7. The fourth-order valence-electron chi connectivity index (χ4n) is 0.384. The van der Waals surface area contributed by atoms with E-state index in [9.17, 15) is 9.59 Å². The molecule has 0 rings (SSSR count). The zero-order chi connectivity index (χ0) is 8.31. The second-order valence-corrected chi connectivity index (χ2v) is 2.05. The summed E-state index contributed by atoms with van der Waals surface area (Å²) in [6, 6.07) is -1.44. The largest absolute Gasteiger partial charge is 0.480 e. The van der Waals surface area contributed by atoms with Crippen LogP contribution >= 0.6 is 0 Å². The SMILES string of the molecule is CN(C)C(=O)C(N)C(=O)O. The monoisotopic (exact) mass is 146 g/mol. The minimum absolute atomic E-state index is 0.604. The Morgan fingerprint density at radius 1 is 1.50 bits per heavy atom. The first-order chi connectivity index (χ1) is 4.46. The van der Waals surface area contributed by atoms with E-state index in [-0.39, 0.29) is 0 Å². The van der Waals surface area contributed by atoms with Crippen LogP contribution in [0.15, 0.2) is 0 Å². The summed E-state index contributed by atoms with van der Waals surface area (Å²) in [6.45, 7) is 0. The first-order valence-corrected chi connectivity index (χ1v) is 2.66. The van der Waals surface area contributed by atoms with E-state index in [1.165, 1.54) is 14.1 Å². The van der Waals surface area contributed by atoms with Crippen LogP contribution in [-0.2, 0) is 9.59 Å². The van der Waals surface area contributed by atoms with Gasteiger partial charge in [-0.05, 0) is 0 Å². The summed E-state index contributed by atoms with van der Waals surface area (Å²) in [4.78, 5) is 21.9. The molecule has 0 bridgehead atoms. The zero-order valence-corrected chi connectivity index (χ0v) is 5.87. The third kappa shape index (κ3) is 2.02. The number of carboxylic acids is 1. The molecule has 1 unspecified atom stereocenters. The number of carboxylic acid groups (broad SMARTS) is 1. The molecule has 1 amide bonds. The molecule has 0 aliphatic heterocycles. The third-order valence-corrected chi connectivity index (χ3v) is 0.973. The van der Waals surface area contributed by atoms with Gasteiger partial charge in [0.1, 0.15) is 0 Å². The Balaban J connectivity index is 4.08. The second-order valence-electron chi connectivity index (χ2n) is 2.05. The number of carbonyl (C=O) groups excluding carboxylic acids is 1. The van der Waals surface area contributed by atoms with Crippen LogP contribution in [0.1, 0.15) is 0 Å². The summed E-state index contributed by atoms with van der Waals surface area (Å²) in [5, 5.41) is 8.23. The van der Waals surface area contributed by atoms with E-state index in [1.54, 1.807) is 0 Å². The van der Waals surface area contributed by atoms with Crippen molar-refractivity contribution >= 4 is 11.9 Å². The van der Waals surface area contributed by atoms with E-state index < -0.39 is 17.9 Å². The Bertz CT molecular complexity index is 155. The highest BCUT2D eigenvalue weighted by Gasteiger charge is 2.22. The fraction of sp³-hybridized carbons (Fsp3) is 0.600. The van der Waals surface area contributed by atoms with E-state index in [4.69, 9.17) is 10.8 Å². The highest BCUT2D eigenvalue weighted by Crippen LogP contribution is 1.85. The molecule has 0 spiro atoms. The Hall–Kier alpha value is -1.10. The molecule has 0 aromatic rings. The molecule has 1 atom stereocenters. The van der Waals surface area contributed by atoms with Gasteiger partial charge >= 0.3 is 5.97 Å². The lowest BCUT2D eigenvalue weighted by molar-refractivity contribution is -0.145. The van der Waals surface area contributed by atoms with Gasteiger partial charge < -0.3 is 15.7 Å². The zero-order valence-electron chi connectivity index (χ0n) is 5.87. The Morgan fingerprint density at radius 2 is 1.90 bits per heavy atom.